The molecule has 2 amide bonds. The van der Waals surface area contributed by atoms with Crippen LogP contribution in [-0.2, 0) is 18.4 Å². The Bertz CT molecular complexity index is 990. The van der Waals surface area contributed by atoms with Crippen molar-refractivity contribution in [1.29, 1.82) is 0 Å². The first-order valence-electron chi connectivity index (χ1n) is 8.30. The van der Waals surface area contributed by atoms with Crippen molar-refractivity contribution < 1.29 is 9.59 Å². The maximum Gasteiger partial charge on any atom is 0.255 e. The molecule has 0 spiro atoms. The normalized spacial score (nSPS) is 14.6. The minimum absolute atomic E-state index is 0.0869. The Morgan fingerprint density at radius 2 is 1.92 bits per heavy atom. The monoisotopic (exact) mass is 333 g/mol. The van der Waals surface area contributed by atoms with Crippen molar-refractivity contribution in [3.8, 4) is 0 Å². The number of aromatic nitrogens is 1. The van der Waals surface area contributed by atoms with Gasteiger partial charge in [-0.05, 0) is 36.8 Å². The first-order valence-corrected chi connectivity index (χ1v) is 8.30. The quantitative estimate of drug-likeness (QED) is 0.800. The van der Waals surface area contributed by atoms with Gasteiger partial charge in [-0.25, -0.2) is 0 Å². The highest BCUT2D eigenvalue weighted by Gasteiger charge is 2.33. The Labute approximate surface area is 145 Å². The molecule has 0 bridgehead atoms. The van der Waals surface area contributed by atoms with Gasteiger partial charge in [0.25, 0.3) is 5.91 Å². The van der Waals surface area contributed by atoms with Crippen LogP contribution in [-0.4, -0.2) is 27.3 Å². The number of fused-ring (bicyclic) bond motifs is 2. The van der Waals surface area contributed by atoms with Gasteiger partial charge in [0.1, 0.15) is 6.04 Å². The highest BCUT2D eigenvalue weighted by atomic mass is 16.2. The van der Waals surface area contributed by atoms with Gasteiger partial charge in [0, 0.05) is 36.3 Å². The highest BCUT2D eigenvalue weighted by molar-refractivity contribution is 6.06. The maximum absolute atomic E-state index is 12.7. The molecule has 1 aliphatic heterocycles. The molecule has 0 saturated carbocycles. The van der Waals surface area contributed by atoms with Gasteiger partial charge in [0.15, 0.2) is 0 Å². The Kier molecular flexibility index (Phi) is 3.57. The molecule has 1 atom stereocenters. The zero-order chi connectivity index (χ0) is 17.6. The summed E-state index contributed by atoms with van der Waals surface area (Å²) in [5, 5.41) is 3.96. The molecule has 3 aromatic rings. The van der Waals surface area contributed by atoms with Crippen LogP contribution in [0, 0.1) is 0 Å². The van der Waals surface area contributed by atoms with Gasteiger partial charge in [0.05, 0.1) is 5.69 Å². The average molecular weight is 333 g/mol. The van der Waals surface area contributed by atoms with Crippen LogP contribution in [0.3, 0.4) is 0 Å². The smallest absolute Gasteiger partial charge is 0.255 e. The summed E-state index contributed by atoms with van der Waals surface area (Å²) in [6, 6.07) is 14.8. The fourth-order valence-corrected chi connectivity index (χ4v) is 3.38. The lowest BCUT2D eigenvalue weighted by molar-refractivity contribution is -0.120. The Morgan fingerprint density at radius 1 is 1.12 bits per heavy atom. The zero-order valence-electron chi connectivity index (χ0n) is 14.2. The molecule has 25 heavy (non-hydrogen) atoms. The first kappa shape index (κ1) is 15.4. The minimum atomic E-state index is -0.543. The highest BCUT2D eigenvalue weighted by Crippen LogP contribution is 2.27. The van der Waals surface area contributed by atoms with Crippen molar-refractivity contribution in [3.63, 3.8) is 0 Å². The van der Waals surface area contributed by atoms with E-state index in [1.165, 1.54) is 0 Å². The molecule has 1 N–H and O–H groups in total. The lowest BCUT2D eigenvalue weighted by Crippen LogP contribution is -2.42. The third-order valence-corrected chi connectivity index (χ3v) is 4.88. The molecule has 5 nitrogen and oxygen atoms in total. The number of carbonyl (C=O) groups is 2. The second kappa shape index (κ2) is 5.77. The van der Waals surface area contributed by atoms with E-state index < -0.39 is 6.04 Å². The number of amides is 2. The van der Waals surface area contributed by atoms with Crippen molar-refractivity contribution >= 4 is 28.4 Å². The molecule has 0 saturated heterocycles. The number of nitrogens with one attached hydrogen (secondary N) is 1. The Hall–Kier alpha value is -3.08. The predicted octanol–water partition coefficient (Wildman–Crippen LogP) is 3.16. The number of hydrogen-bond donors (Lipinski definition) is 1. The molecule has 0 fully saturated rings. The largest absolute Gasteiger partial charge is 0.350 e. The molecule has 1 unspecified atom stereocenters. The molecule has 5 heteroatoms. The molecule has 126 valence electrons. The lowest BCUT2D eigenvalue weighted by Gasteiger charge is -2.23. The topological polar surface area (TPSA) is 54.3 Å². The van der Waals surface area contributed by atoms with Crippen LogP contribution in [0.2, 0.25) is 0 Å². The molecule has 2 aromatic carbocycles. The van der Waals surface area contributed by atoms with Crippen LogP contribution >= 0.6 is 0 Å². The van der Waals surface area contributed by atoms with Gasteiger partial charge in [0.2, 0.25) is 5.91 Å². The van der Waals surface area contributed by atoms with Crippen LogP contribution in [0.25, 0.3) is 10.9 Å². The van der Waals surface area contributed by atoms with Gasteiger partial charge >= 0.3 is 0 Å². The third-order valence-electron chi connectivity index (χ3n) is 4.88. The molecule has 4 rings (SSSR count). The van der Waals surface area contributed by atoms with E-state index in [2.05, 4.69) is 5.32 Å². The van der Waals surface area contributed by atoms with Gasteiger partial charge in [-0.1, -0.05) is 24.3 Å². The third kappa shape index (κ3) is 2.48. The second-order valence-corrected chi connectivity index (χ2v) is 6.42. The maximum atomic E-state index is 12.7. The standard InChI is InChI=1S/C20H19N3O2/c1-13(23-12-14-6-3-4-7-15(14)20(23)25)19(24)21-17-8-5-9-18-16(17)10-11-22(18)2/h3-11,13H,12H2,1-2H3,(H,21,24). The summed E-state index contributed by atoms with van der Waals surface area (Å²) >= 11 is 0. The molecular formula is C20H19N3O2. The summed E-state index contributed by atoms with van der Waals surface area (Å²) in [4.78, 5) is 26.9. The van der Waals surface area contributed by atoms with Gasteiger partial charge in [-0.2, -0.15) is 0 Å². The summed E-state index contributed by atoms with van der Waals surface area (Å²) in [5.74, 6) is -0.270. The molecular weight excluding hydrogens is 314 g/mol. The van der Waals surface area contributed by atoms with Crippen molar-refractivity contribution in [1.82, 2.24) is 9.47 Å². The molecule has 0 aliphatic carbocycles. The summed E-state index contributed by atoms with van der Waals surface area (Å²) in [7, 11) is 1.97. The van der Waals surface area contributed by atoms with Crippen LogP contribution < -0.4 is 5.32 Å². The molecule has 1 aromatic heterocycles. The SMILES string of the molecule is CC(C(=O)Nc1cccc2c1ccn2C)N1Cc2ccccc2C1=O. The molecule has 1 aliphatic rings. The van der Waals surface area contributed by atoms with Crippen LogP contribution in [0.1, 0.15) is 22.8 Å². The van der Waals surface area contributed by atoms with E-state index in [1.807, 2.05) is 66.3 Å². The number of carbonyl (C=O) groups excluding carboxylic acids is 2. The Balaban J connectivity index is 1.56. The van der Waals surface area contributed by atoms with E-state index in [0.29, 0.717) is 12.1 Å². The van der Waals surface area contributed by atoms with Crippen molar-refractivity contribution in [3.05, 3.63) is 65.9 Å². The van der Waals surface area contributed by atoms with Gasteiger partial charge in [-0.3, -0.25) is 9.59 Å². The first-order chi connectivity index (χ1) is 12.1. The zero-order valence-corrected chi connectivity index (χ0v) is 14.2. The van der Waals surface area contributed by atoms with Crippen molar-refractivity contribution in [2.45, 2.75) is 19.5 Å². The summed E-state index contributed by atoms with van der Waals surface area (Å²) < 4.78 is 2.01. The minimum Gasteiger partial charge on any atom is -0.350 e. The summed E-state index contributed by atoms with van der Waals surface area (Å²) in [5.41, 5.74) is 3.47. The van der Waals surface area contributed by atoms with E-state index in [-0.39, 0.29) is 11.8 Å². The number of anilines is 1. The molecule has 0 radical (unpaired) electrons. The van der Waals surface area contributed by atoms with E-state index in [4.69, 9.17) is 0 Å². The summed E-state index contributed by atoms with van der Waals surface area (Å²) in [6.07, 6.45) is 1.96. The van der Waals surface area contributed by atoms with E-state index in [0.717, 1.165) is 22.2 Å². The Morgan fingerprint density at radius 3 is 2.72 bits per heavy atom. The lowest BCUT2D eigenvalue weighted by atomic mass is 10.1. The van der Waals surface area contributed by atoms with E-state index >= 15 is 0 Å². The van der Waals surface area contributed by atoms with Crippen molar-refractivity contribution in [2.24, 2.45) is 7.05 Å². The van der Waals surface area contributed by atoms with Gasteiger partial charge in [-0.15, -0.1) is 0 Å². The van der Waals surface area contributed by atoms with E-state index in [1.54, 1.807) is 11.8 Å². The molecule has 2 heterocycles. The van der Waals surface area contributed by atoms with Crippen LogP contribution in [0.4, 0.5) is 5.69 Å². The fraction of sp³-hybridized carbons (Fsp3) is 0.200. The number of aryl methyl sites for hydroxylation is 1. The number of hydrogen-bond acceptors (Lipinski definition) is 2. The number of rotatable bonds is 3. The summed E-state index contributed by atoms with van der Waals surface area (Å²) in [6.45, 7) is 2.24. The van der Waals surface area contributed by atoms with Crippen LogP contribution in [0.5, 0.6) is 0 Å². The van der Waals surface area contributed by atoms with Crippen molar-refractivity contribution in [2.75, 3.05) is 5.32 Å². The van der Waals surface area contributed by atoms with Crippen LogP contribution in [0.15, 0.2) is 54.7 Å². The number of nitrogens with zero attached hydrogens (tertiary/aromatic N) is 2. The fourth-order valence-electron chi connectivity index (χ4n) is 3.38. The van der Waals surface area contributed by atoms with E-state index in [9.17, 15) is 9.59 Å². The number of benzene rings is 2. The van der Waals surface area contributed by atoms with Gasteiger partial charge < -0.3 is 14.8 Å². The predicted molar refractivity (Wildman–Crippen MR) is 97.3 cm³/mol. The average Bonchev–Trinajstić information content (AvgIpc) is 3.16. The second-order valence-electron chi connectivity index (χ2n) is 6.42.